The summed E-state index contributed by atoms with van der Waals surface area (Å²) in [5.41, 5.74) is 5.77. The first-order valence-electron chi connectivity index (χ1n) is 6.09. The van der Waals surface area contributed by atoms with Gasteiger partial charge in [-0.25, -0.2) is 0 Å². The number of oxime groups is 1. The molecule has 5 nitrogen and oxygen atoms in total. The van der Waals surface area contributed by atoms with Crippen molar-refractivity contribution in [3.8, 4) is 0 Å². The molecule has 1 fully saturated rings. The highest BCUT2D eigenvalue weighted by Crippen LogP contribution is 2.35. The molecule has 1 aromatic rings. The van der Waals surface area contributed by atoms with Crippen LogP contribution in [0.3, 0.4) is 0 Å². The maximum atomic E-state index is 12.4. The molecule has 0 spiro atoms. The number of thiophene rings is 1. The van der Waals surface area contributed by atoms with E-state index in [1.54, 1.807) is 11.0 Å². The SMILES string of the molecule is CC1(/C(N)=N/O)CCN(C(=O)c2cc(Cl)sc2Cl)CC1. The van der Waals surface area contributed by atoms with Crippen molar-refractivity contribution in [1.29, 1.82) is 0 Å². The van der Waals surface area contributed by atoms with Crippen LogP contribution in [0, 0.1) is 5.41 Å². The molecular formula is C12H15Cl2N3O2S. The van der Waals surface area contributed by atoms with E-state index >= 15 is 0 Å². The minimum Gasteiger partial charge on any atom is -0.409 e. The average molecular weight is 336 g/mol. The van der Waals surface area contributed by atoms with Crippen molar-refractivity contribution in [2.24, 2.45) is 16.3 Å². The zero-order valence-electron chi connectivity index (χ0n) is 10.9. The van der Waals surface area contributed by atoms with E-state index in [0.29, 0.717) is 40.2 Å². The highest BCUT2D eigenvalue weighted by molar-refractivity contribution is 7.20. The van der Waals surface area contributed by atoms with Crippen molar-refractivity contribution >= 4 is 46.3 Å². The van der Waals surface area contributed by atoms with E-state index < -0.39 is 0 Å². The fourth-order valence-corrected chi connectivity index (χ4v) is 3.68. The molecule has 0 saturated carbocycles. The molecule has 20 heavy (non-hydrogen) atoms. The third-order valence-corrected chi connectivity index (χ3v) is 5.26. The van der Waals surface area contributed by atoms with Gasteiger partial charge in [-0.05, 0) is 18.9 Å². The van der Waals surface area contributed by atoms with Crippen molar-refractivity contribution in [2.75, 3.05) is 13.1 Å². The van der Waals surface area contributed by atoms with Gasteiger partial charge in [0, 0.05) is 18.5 Å². The number of nitrogens with zero attached hydrogens (tertiary/aromatic N) is 2. The fraction of sp³-hybridized carbons (Fsp3) is 0.500. The van der Waals surface area contributed by atoms with Crippen LogP contribution in [-0.2, 0) is 0 Å². The molecular weight excluding hydrogens is 321 g/mol. The van der Waals surface area contributed by atoms with E-state index in [9.17, 15) is 4.79 Å². The lowest BCUT2D eigenvalue weighted by atomic mass is 9.79. The van der Waals surface area contributed by atoms with E-state index in [4.69, 9.17) is 34.1 Å². The number of hydrogen-bond acceptors (Lipinski definition) is 4. The van der Waals surface area contributed by atoms with Gasteiger partial charge >= 0.3 is 0 Å². The lowest BCUT2D eigenvalue weighted by molar-refractivity contribution is 0.0667. The molecule has 1 aliphatic rings. The van der Waals surface area contributed by atoms with E-state index in [0.717, 1.165) is 0 Å². The summed E-state index contributed by atoms with van der Waals surface area (Å²) in [6.45, 7) is 3.00. The van der Waals surface area contributed by atoms with Crippen molar-refractivity contribution in [3.63, 3.8) is 0 Å². The first-order valence-corrected chi connectivity index (χ1v) is 7.67. The molecule has 2 heterocycles. The van der Waals surface area contributed by atoms with Crippen LogP contribution >= 0.6 is 34.5 Å². The van der Waals surface area contributed by atoms with Crippen LogP contribution in [0.2, 0.25) is 8.67 Å². The van der Waals surface area contributed by atoms with Gasteiger partial charge in [0.1, 0.15) is 10.2 Å². The van der Waals surface area contributed by atoms with Crippen LogP contribution in [0.25, 0.3) is 0 Å². The molecule has 1 aromatic heterocycles. The van der Waals surface area contributed by atoms with Crippen molar-refractivity contribution in [3.05, 3.63) is 20.3 Å². The lowest BCUT2D eigenvalue weighted by Crippen LogP contribution is -2.47. The number of nitrogens with two attached hydrogens (primary N) is 1. The molecule has 3 N–H and O–H groups in total. The maximum Gasteiger partial charge on any atom is 0.256 e. The minimum absolute atomic E-state index is 0.125. The topological polar surface area (TPSA) is 78.9 Å². The van der Waals surface area contributed by atoms with E-state index in [-0.39, 0.29) is 17.2 Å². The molecule has 0 unspecified atom stereocenters. The smallest absolute Gasteiger partial charge is 0.256 e. The van der Waals surface area contributed by atoms with Crippen LogP contribution in [0.5, 0.6) is 0 Å². The van der Waals surface area contributed by atoms with Crippen LogP contribution in [0.4, 0.5) is 0 Å². The van der Waals surface area contributed by atoms with Crippen LogP contribution in [-0.4, -0.2) is 34.9 Å². The van der Waals surface area contributed by atoms with Gasteiger partial charge in [0.05, 0.1) is 9.90 Å². The Kier molecular flexibility index (Phi) is 4.46. The Morgan fingerprint density at radius 2 is 2.10 bits per heavy atom. The molecule has 1 amide bonds. The van der Waals surface area contributed by atoms with E-state index in [1.807, 2.05) is 6.92 Å². The second-order valence-corrected chi connectivity index (χ2v) is 7.36. The van der Waals surface area contributed by atoms with Gasteiger partial charge in [-0.15, -0.1) is 11.3 Å². The third kappa shape index (κ3) is 2.87. The number of hydrogen-bond donors (Lipinski definition) is 2. The predicted molar refractivity (Wildman–Crippen MR) is 81.0 cm³/mol. The van der Waals surface area contributed by atoms with Crippen molar-refractivity contribution in [1.82, 2.24) is 4.90 Å². The summed E-state index contributed by atoms with van der Waals surface area (Å²) < 4.78 is 0.904. The Morgan fingerprint density at radius 1 is 1.50 bits per heavy atom. The largest absolute Gasteiger partial charge is 0.409 e. The van der Waals surface area contributed by atoms with Crippen LogP contribution in [0.15, 0.2) is 11.2 Å². The van der Waals surface area contributed by atoms with E-state index in [2.05, 4.69) is 5.16 Å². The molecule has 8 heteroatoms. The molecule has 0 aromatic carbocycles. The average Bonchev–Trinajstić information content (AvgIpc) is 2.76. The standard InChI is InChI=1S/C12H15Cl2N3O2S/c1-12(11(15)16-19)2-4-17(5-3-12)10(18)7-6-8(13)20-9(7)14/h6,19H,2-5H2,1H3,(H2,15,16). The highest BCUT2D eigenvalue weighted by atomic mass is 35.5. The second-order valence-electron chi connectivity index (χ2n) is 5.08. The molecule has 110 valence electrons. The van der Waals surface area contributed by atoms with Gasteiger partial charge < -0.3 is 15.8 Å². The van der Waals surface area contributed by atoms with Crippen LogP contribution < -0.4 is 5.73 Å². The van der Waals surface area contributed by atoms with Crippen LogP contribution in [0.1, 0.15) is 30.1 Å². The normalized spacial score (nSPS) is 19.1. The summed E-state index contributed by atoms with van der Waals surface area (Å²) in [4.78, 5) is 14.1. The predicted octanol–water partition coefficient (Wildman–Crippen LogP) is 3.04. The minimum atomic E-state index is -0.373. The number of rotatable bonds is 2. The Hall–Kier alpha value is -0.980. The maximum absolute atomic E-state index is 12.4. The number of piperidine rings is 1. The third-order valence-electron chi connectivity index (χ3n) is 3.77. The zero-order chi connectivity index (χ0) is 14.9. The summed E-state index contributed by atoms with van der Waals surface area (Å²) in [7, 11) is 0. The van der Waals surface area contributed by atoms with E-state index in [1.165, 1.54) is 11.3 Å². The molecule has 2 rings (SSSR count). The van der Waals surface area contributed by atoms with Gasteiger partial charge in [0.15, 0.2) is 0 Å². The monoisotopic (exact) mass is 335 g/mol. The zero-order valence-corrected chi connectivity index (χ0v) is 13.2. The number of amidine groups is 1. The van der Waals surface area contributed by atoms with Gasteiger partial charge in [-0.2, -0.15) is 0 Å². The first-order chi connectivity index (χ1) is 9.37. The molecule has 1 aliphatic heterocycles. The summed E-state index contributed by atoms with van der Waals surface area (Å²) in [5.74, 6) is 0.0842. The lowest BCUT2D eigenvalue weighted by Gasteiger charge is -2.38. The molecule has 0 bridgehead atoms. The highest BCUT2D eigenvalue weighted by Gasteiger charge is 2.36. The first kappa shape index (κ1) is 15.4. The van der Waals surface area contributed by atoms with Gasteiger partial charge in [0.2, 0.25) is 0 Å². The molecule has 0 aliphatic carbocycles. The fourth-order valence-electron chi connectivity index (χ4n) is 2.24. The molecule has 0 radical (unpaired) electrons. The molecule has 1 saturated heterocycles. The number of carbonyl (C=O) groups excluding carboxylic acids is 1. The summed E-state index contributed by atoms with van der Waals surface area (Å²) in [6, 6.07) is 1.59. The Balaban J connectivity index is 2.08. The summed E-state index contributed by atoms with van der Waals surface area (Å²) in [6.07, 6.45) is 1.29. The quantitative estimate of drug-likeness (QED) is 0.377. The number of amides is 1. The Bertz CT molecular complexity index is 551. The van der Waals surface area contributed by atoms with Crippen molar-refractivity contribution < 1.29 is 10.0 Å². The number of carbonyl (C=O) groups is 1. The Labute approximate surface area is 130 Å². The number of likely N-dealkylation sites (tertiary alicyclic amines) is 1. The van der Waals surface area contributed by atoms with Gasteiger partial charge in [-0.1, -0.05) is 35.3 Å². The number of halogens is 2. The molecule has 0 atom stereocenters. The van der Waals surface area contributed by atoms with Gasteiger partial charge in [0.25, 0.3) is 5.91 Å². The van der Waals surface area contributed by atoms with Gasteiger partial charge in [-0.3, -0.25) is 4.79 Å². The van der Waals surface area contributed by atoms with Crippen molar-refractivity contribution in [2.45, 2.75) is 19.8 Å². The summed E-state index contributed by atoms with van der Waals surface area (Å²) in [5, 5.41) is 11.9. The summed E-state index contributed by atoms with van der Waals surface area (Å²) >= 11 is 13.0. The Morgan fingerprint density at radius 3 is 2.55 bits per heavy atom. The second kappa shape index (κ2) is 5.79.